The van der Waals surface area contributed by atoms with Crippen LogP contribution in [0.5, 0.6) is 0 Å². The van der Waals surface area contributed by atoms with Crippen molar-refractivity contribution in [2.75, 3.05) is 0 Å². The van der Waals surface area contributed by atoms with E-state index in [0.29, 0.717) is 0 Å². The first-order chi connectivity index (χ1) is 13.7. The summed E-state index contributed by atoms with van der Waals surface area (Å²) in [6.45, 7) is 0.741. The van der Waals surface area contributed by atoms with Crippen LogP contribution in [-0.2, 0) is 6.54 Å². The van der Waals surface area contributed by atoms with Crippen LogP contribution in [0.1, 0.15) is 21.5 Å². The molecule has 0 aliphatic rings. The highest BCUT2D eigenvalue weighted by atomic mass is 19.1. The van der Waals surface area contributed by atoms with E-state index in [4.69, 9.17) is 0 Å². The normalized spacial score (nSPS) is 11.2. The molecule has 0 aliphatic heterocycles. The molecule has 0 atom stereocenters. The van der Waals surface area contributed by atoms with Gasteiger partial charge in [-0.2, -0.15) is 5.10 Å². The van der Waals surface area contributed by atoms with Gasteiger partial charge in [-0.05, 0) is 29.8 Å². The van der Waals surface area contributed by atoms with Gasteiger partial charge in [0.1, 0.15) is 5.82 Å². The minimum absolute atomic E-state index is 0.226. The standard InChI is InChI=1S/C23H18FN3O/c24-20-10-6-9-18(13-20)23(28)26-25-14-19-16-27(15-17-7-2-1-3-8-17)22-12-5-4-11-21(19)22/h1-14,16H,15H2,(H,26,28)/b25-14+. The number of hydrazone groups is 1. The molecule has 0 fully saturated rings. The molecule has 1 amide bonds. The van der Waals surface area contributed by atoms with E-state index in [1.165, 1.54) is 23.8 Å². The molecule has 3 aromatic carbocycles. The fourth-order valence-corrected chi connectivity index (χ4v) is 3.14. The van der Waals surface area contributed by atoms with Crippen molar-refractivity contribution in [2.45, 2.75) is 6.54 Å². The van der Waals surface area contributed by atoms with Crippen molar-refractivity contribution in [1.82, 2.24) is 9.99 Å². The predicted molar refractivity (Wildman–Crippen MR) is 109 cm³/mol. The number of carbonyl (C=O) groups excluding carboxylic acids is 1. The van der Waals surface area contributed by atoms with E-state index in [-0.39, 0.29) is 5.56 Å². The van der Waals surface area contributed by atoms with Crippen molar-refractivity contribution in [2.24, 2.45) is 5.10 Å². The molecule has 138 valence electrons. The summed E-state index contributed by atoms with van der Waals surface area (Å²) in [5.74, 6) is -0.913. The summed E-state index contributed by atoms with van der Waals surface area (Å²) < 4.78 is 15.4. The van der Waals surface area contributed by atoms with Crippen molar-refractivity contribution < 1.29 is 9.18 Å². The number of halogens is 1. The Morgan fingerprint density at radius 2 is 1.79 bits per heavy atom. The molecule has 0 bridgehead atoms. The SMILES string of the molecule is O=C(N/N=C/c1cn(Cc2ccccc2)c2ccccc12)c1cccc(F)c1. The molecular weight excluding hydrogens is 353 g/mol. The van der Waals surface area contributed by atoms with Crippen LogP contribution in [0.25, 0.3) is 10.9 Å². The number of nitrogens with zero attached hydrogens (tertiary/aromatic N) is 2. The number of para-hydroxylation sites is 1. The molecule has 1 aromatic heterocycles. The summed E-state index contributed by atoms with van der Waals surface area (Å²) in [6, 6.07) is 23.8. The third-order valence-corrected chi connectivity index (χ3v) is 4.47. The van der Waals surface area contributed by atoms with Gasteiger partial charge in [0.2, 0.25) is 0 Å². The van der Waals surface area contributed by atoms with Crippen LogP contribution in [0, 0.1) is 5.82 Å². The largest absolute Gasteiger partial charge is 0.342 e. The number of rotatable bonds is 5. The quantitative estimate of drug-likeness (QED) is 0.405. The maximum absolute atomic E-state index is 13.2. The molecule has 4 nitrogen and oxygen atoms in total. The number of nitrogens with one attached hydrogen (secondary N) is 1. The van der Waals surface area contributed by atoms with Crippen molar-refractivity contribution >= 4 is 23.0 Å². The highest BCUT2D eigenvalue weighted by Crippen LogP contribution is 2.21. The smallest absolute Gasteiger partial charge is 0.271 e. The molecule has 0 radical (unpaired) electrons. The Morgan fingerprint density at radius 3 is 2.61 bits per heavy atom. The molecule has 0 unspecified atom stereocenters. The molecule has 0 saturated carbocycles. The third-order valence-electron chi connectivity index (χ3n) is 4.47. The Kier molecular flexibility index (Phi) is 4.97. The van der Waals surface area contributed by atoms with E-state index < -0.39 is 11.7 Å². The molecule has 1 N–H and O–H groups in total. The van der Waals surface area contributed by atoms with Crippen LogP contribution in [0.2, 0.25) is 0 Å². The fraction of sp³-hybridized carbons (Fsp3) is 0.0435. The molecule has 4 aromatic rings. The lowest BCUT2D eigenvalue weighted by atomic mass is 10.2. The second kappa shape index (κ2) is 7.88. The van der Waals surface area contributed by atoms with E-state index in [2.05, 4.69) is 33.3 Å². The summed E-state index contributed by atoms with van der Waals surface area (Å²) in [5, 5.41) is 5.10. The van der Waals surface area contributed by atoms with Crippen LogP contribution >= 0.6 is 0 Å². The van der Waals surface area contributed by atoms with Gasteiger partial charge < -0.3 is 4.57 Å². The average molecular weight is 371 g/mol. The molecule has 4 rings (SSSR count). The zero-order valence-corrected chi connectivity index (χ0v) is 15.0. The number of hydrogen-bond acceptors (Lipinski definition) is 2. The van der Waals surface area contributed by atoms with Gasteiger partial charge in [0, 0.05) is 34.8 Å². The van der Waals surface area contributed by atoms with Gasteiger partial charge in [0.25, 0.3) is 5.91 Å². The van der Waals surface area contributed by atoms with Crippen LogP contribution in [-0.4, -0.2) is 16.7 Å². The topological polar surface area (TPSA) is 46.4 Å². The van der Waals surface area contributed by atoms with Crippen molar-refractivity contribution in [3.05, 3.63) is 108 Å². The minimum Gasteiger partial charge on any atom is -0.342 e. The molecule has 1 heterocycles. The van der Waals surface area contributed by atoms with E-state index in [0.717, 1.165) is 23.0 Å². The Morgan fingerprint density at radius 1 is 1.00 bits per heavy atom. The zero-order chi connectivity index (χ0) is 19.3. The summed E-state index contributed by atoms with van der Waals surface area (Å²) in [5.41, 5.74) is 5.86. The number of carbonyl (C=O) groups is 1. The van der Waals surface area contributed by atoms with E-state index >= 15 is 0 Å². The fourth-order valence-electron chi connectivity index (χ4n) is 3.14. The van der Waals surface area contributed by atoms with E-state index in [1.54, 1.807) is 12.3 Å². The van der Waals surface area contributed by atoms with Gasteiger partial charge in [0.15, 0.2) is 0 Å². The first-order valence-electron chi connectivity index (χ1n) is 8.91. The van der Waals surface area contributed by atoms with Gasteiger partial charge in [-0.15, -0.1) is 0 Å². The number of hydrogen-bond donors (Lipinski definition) is 1. The van der Waals surface area contributed by atoms with Gasteiger partial charge in [0.05, 0.1) is 6.21 Å². The number of amides is 1. The minimum atomic E-state index is -0.458. The lowest BCUT2D eigenvalue weighted by molar-refractivity contribution is 0.0954. The van der Waals surface area contributed by atoms with Crippen molar-refractivity contribution in [3.63, 3.8) is 0 Å². The van der Waals surface area contributed by atoms with Crippen molar-refractivity contribution in [3.8, 4) is 0 Å². The third kappa shape index (κ3) is 3.83. The lowest BCUT2D eigenvalue weighted by Crippen LogP contribution is -2.17. The Bertz CT molecular complexity index is 1150. The van der Waals surface area contributed by atoms with Gasteiger partial charge in [-0.25, -0.2) is 9.82 Å². The van der Waals surface area contributed by atoms with E-state index in [1.807, 2.05) is 42.6 Å². The summed E-state index contributed by atoms with van der Waals surface area (Å²) in [4.78, 5) is 12.1. The van der Waals surface area contributed by atoms with Crippen LogP contribution in [0.15, 0.2) is 90.2 Å². The highest BCUT2D eigenvalue weighted by molar-refractivity contribution is 6.00. The Labute approximate surface area is 161 Å². The number of benzene rings is 3. The monoisotopic (exact) mass is 371 g/mol. The summed E-state index contributed by atoms with van der Waals surface area (Å²) in [7, 11) is 0. The van der Waals surface area contributed by atoms with Gasteiger partial charge >= 0.3 is 0 Å². The van der Waals surface area contributed by atoms with Crippen LogP contribution < -0.4 is 5.43 Å². The number of fused-ring (bicyclic) bond motifs is 1. The first-order valence-corrected chi connectivity index (χ1v) is 8.91. The van der Waals surface area contributed by atoms with Crippen molar-refractivity contribution in [1.29, 1.82) is 0 Å². The van der Waals surface area contributed by atoms with E-state index in [9.17, 15) is 9.18 Å². The summed E-state index contributed by atoms with van der Waals surface area (Å²) >= 11 is 0. The number of aromatic nitrogens is 1. The van der Waals surface area contributed by atoms with Gasteiger partial charge in [-0.3, -0.25) is 4.79 Å². The second-order valence-electron chi connectivity index (χ2n) is 6.42. The maximum Gasteiger partial charge on any atom is 0.271 e. The highest BCUT2D eigenvalue weighted by Gasteiger charge is 2.08. The first kappa shape index (κ1) is 17.7. The average Bonchev–Trinajstić information content (AvgIpc) is 3.06. The Hall–Kier alpha value is -3.73. The molecule has 5 heteroatoms. The molecule has 28 heavy (non-hydrogen) atoms. The zero-order valence-electron chi connectivity index (χ0n) is 15.0. The van der Waals surface area contributed by atoms with Gasteiger partial charge in [-0.1, -0.05) is 54.6 Å². The molecule has 0 spiro atoms. The predicted octanol–water partition coefficient (Wildman–Crippen LogP) is 4.59. The summed E-state index contributed by atoms with van der Waals surface area (Å²) in [6.07, 6.45) is 3.62. The lowest BCUT2D eigenvalue weighted by Gasteiger charge is -2.05. The molecular formula is C23H18FN3O. The second-order valence-corrected chi connectivity index (χ2v) is 6.42. The maximum atomic E-state index is 13.2. The molecule has 0 saturated heterocycles. The van der Waals surface area contributed by atoms with Crippen LogP contribution in [0.3, 0.4) is 0 Å². The van der Waals surface area contributed by atoms with Crippen LogP contribution in [0.4, 0.5) is 4.39 Å². The molecule has 0 aliphatic carbocycles. The Balaban J connectivity index is 1.57.